The molecule has 2 aliphatic rings. The van der Waals surface area contributed by atoms with Crippen LogP contribution in [0.5, 0.6) is 0 Å². The maximum Gasteiger partial charge on any atom is 0.0721 e. The third kappa shape index (κ3) is 3.31. The first-order valence-corrected chi connectivity index (χ1v) is 8.30. The number of aryl methyl sites for hydroxylation is 1. The third-order valence-corrected chi connectivity index (χ3v) is 5.27. The summed E-state index contributed by atoms with van der Waals surface area (Å²) in [4.78, 5) is 8.11. The van der Waals surface area contributed by atoms with E-state index in [4.69, 9.17) is 4.74 Å². The van der Waals surface area contributed by atoms with E-state index >= 15 is 0 Å². The summed E-state index contributed by atoms with van der Waals surface area (Å²) in [6.45, 7) is 12.4. The van der Waals surface area contributed by atoms with Crippen LogP contribution in [0.15, 0.2) is 24.8 Å². The fourth-order valence-electron chi connectivity index (χ4n) is 3.32. The number of hydrogen-bond donors (Lipinski definition) is 0. The standard InChI is InChI=1S/C16H24N2OS/c1-3-8-19-15-9-14-10-17(6-7-18(14)11-15)12-16-5-4-13(2)20-16/h3-5,14-15H,1,6-12H2,2H3. The first-order chi connectivity index (χ1) is 9.74. The number of thiophene rings is 1. The fraction of sp³-hybridized carbons (Fsp3) is 0.625. The number of piperazine rings is 1. The van der Waals surface area contributed by atoms with Crippen molar-refractivity contribution in [2.24, 2.45) is 0 Å². The zero-order chi connectivity index (χ0) is 13.9. The molecule has 0 spiro atoms. The number of hydrogen-bond acceptors (Lipinski definition) is 4. The van der Waals surface area contributed by atoms with E-state index in [1.54, 1.807) is 0 Å². The van der Waals surface area contributed by atoms with Crippen LogP contribution in [0.1, 0.15) is 16.2 Å². The highest BCUT2D eigenvalue weighted by Crippen LogP contribution is 2.26. The van der Waals surface area contributed by atoms with Gasteiger partial charge in [-0.2, -0.15) is 0 Å². The molecule has 0 radical (unpaired) electrons. The van der Waals surface area contributed by atoms with E-state index in [1.807, 2.05) is 17.4 Å². The summed E-state index contributed by atoms with van der Waals surface area (Å²) in [5, 5.41) is 0. The molecule has 2 saturated heterocycles. The van der Waals surface area contributed by atoms with Gasteiger partial charge in [-0.25, -0.2) is 0 Å². The summed E-state index contributed by atoms with van der Waals surface area (Å²) in [5.41, 5.74) is 0. The average Bonchev–Trinajstić information content (AvgIpc) is 3.02. The maximum atomic E-state index is 5.82. The highest BCUT2D eigenvalue weighted by molar-refractivity contribution is 7.11. The van der Waals surface area contributed by atoms with Crippen molar-refractivity contribution in [3.8, 4) is 0 Å². The van der Waals surface area contributed by atoms with Crippen LogP contribution in [0.3, 0.4) is 0 Å². The molecule has 3 nitrogen and oxygen atoms in total. The lowest BCUT2D eigenvalue weighted by Crippen LogP contribution is -2.49. The van der Waals surface area contributed by atoms with Crippen molar-refractivity contribution >= 4 is 11.3 Å². The lowest BCUT2D eigenvalue weighted by molar-refractivity contribution is 0.0760. The minimum Gasteiger partial charge on any atom is -0.373 e. The van der Waals surface area contributed by atoms with Gasteiger partial charge in [-0.3, -0.25) is 9.80 Å². The molecule has 2 unspecified atom stereocenters. The lowest BCUT2D eigenvalue weighted by atomic mass is 10.1. The quantitative estimate of drug-likeness (QED) is 0.776. The van der Waals surface area contributed by atoms with Crippen LogP contribution in [0, 0.1) is 6.92 Å². The SMILES string of the molecule is C=CCOC1CC2CN(Cc3ccc(C)s3)CCN2C1. The molecule has 0 aliphatic carbocycles. The zero-order valence-electron chi connectivity index (χ0n) is 12.3. The second-order valence-electron chi connectivity index (χ2n) is 5.88. The molecule has 0 aromatic carbocycles. The van der Waals surface area contributed by atoms with Gasteiger partial charge >= 0.3 is 0 Å². The van der Waals surface area contributed by atoms with Gasteiger partial charge in [0.25, 0.3) is 0 Å². The van der Waals surface area contributed by atoms with Gasteiger partial charge in [0.1, 0.15) is 0 Å². The average molecular weight is 292 g/mol. The van der Waals surface area contributed by atoms with E-state index in [-0.39, 0.29) is 0 Å². The number of nitrogens with zero attached hydrogens (tertiary/aromatic N) is 2. The number of rotatable bonds is 5. The van der Waals surface area contributed by atoms with Gasteiger partial charge < -0.3 is 4.74 Å². The van der Waals surface area contributed by atoms with E-state index in [0.29, 0.717) is 18.8 Å². The van der Waals surface area contributed by atoms with Crippen molar-refractivity contribution in [2.75, 3.05) is 32.8 Å². The molecular weight excluding hydrogens is 268 g/mol. The van der Waals surface area contributed by atoms with Crippen molar-refractivity contribution in [3.63, 3.8) is 0 Å². The number of fused-ring (bicyclic) bond motifs is 1. The highest BCUT2D eigenvalue weighted by Gasteiger charge is 2.36. The predicted molar refractivity (Wildman–Crippen MR) is 84.2 cm³/mol. The van der Waals surface area contributed by atoms with Gasteiger partial charge in [-0.15, -0.1) is 17.9 Å². The van der Waals surface area contributed by atoms with E-state index in [2.05, 4.69) is 35.4 Å². The summed E-state index contributed by atoms with van der Waals surface area (Å²) in [7, 11) is 0. The monoisotopic (exact) mass is 292 g/mol. The Morgan fingerprint density at radius 1 is 1.40 bits per heavy atom. The topological polar surface area (TPSA) is 15.7 Å². The van der Waals surface area contributed by atoms with Crippen molar-refractivity contribution < 1.29 is 4.74 Å². The normalized spacial score (nSPS) is 27.6. The van der Waals surface area contributed by atoms with Crippen molar-refractivity contribution in [2.45, 2.75) is 32.0 Å². The molecule has 0 amide bonds. The molecule has 2 atom stereocenters. The van der Waals surface area contributed by atoms with Crippen LogP contribution in [0.4, 0.5) is 0 Å². The molecule has 0 bridgehead atoms. The molecule has 2 fully saturated rings. The summed E-state index contributed by atoms with van der Waals surface area (Å²) in [6.07, 6.45) is 3.43. The van der Waals surface area contributed by atoms with E-state index in [0.717, 1.165) is 13.1 Å². The molecule has 4 heteroatoms. The van der Waals surface area contributed by atoms with Crippen LogP contribution in [0.2, 0.25) is 0 Å². The minimum absolute atomic E-state index is 0.405. The first kappa shape index (κ1) is 14.3. The summed E-state index contributed by atoms with van der Waals surface area (Å²) < 4.78 is 5.82. The van der Waals surface area contributed by atoms with Crippen molar-refractivity contribution in [1.82, 2.24) is 9.80 Å². The van der Waals surface area contributed by atoms with Gasteiger partial charge in [0, 0.05) is 48.5 Å². The van der Waals surface area contributed by atoms with Gasteiger partial charge in [-0.05, 0) is 25.5 Å². The molecule has 2 aliphatic heterocycles. The smallest absolute Gasteiger partial charge is 0.0721 e. The Hall–Kier alpha value is -0.680. The summed E-state index contributed by atoms with van der Waals surface area (Å²) >= 11 is 1.93. The Balaban J connectivity index is 1.52. The summed E-state index contributed by atoms with van der Waals surface area (Å²) in [6, 6.07) is 5.18. The van der Waals surface area contributed by atoms with Crippen LogP contribution in [-0.2, 0) is 11.3 Å². The van der Waals surface area contributed by atoms with Gasteiger partial charge in [0.2, 0.25) is 0 Å². The van der Waals surface area contributed by atoms with Crippen LogP contribution >= 0.6 is 11.3 Å². The Kier molecular flexibility index (Phi) is 4.56. The third-order valence-electron chi connectivity index (χ3n) is 4.29. The molecule has 0 saturated carbocycles. The molecule has 3 rings (SSSR count). The van der Waals surface area contributed by atoms with Crippen LogP contribution < -0.4 is 0 Å². The van der Waals surface area contributed by atoms with Crippen LogP contribution in [0.25, 0.3) is 0 Å². The Bertz CT molecular complexity index is 459. The second-order valence-corrected chi connectivity index (χ2v) is 7.25. The fourth-order valence-corrected chi connectivity index (χ4v) is 4.25. The molecule has 1 aromatic rings. The zero-order valence-corrected chi connectivity index (χ0v) is 13.1. The Morgan fingerprint density at radius 2 is 2.30 bits per heavy atom. The minimum atomic E-state index is 0.405. The molecule has 110 valence electrons. The molecule has 1 aromatic heterocycles. The molecule has 0 N–H and O–H groups in total. The molecular formula is C16H24N2OS. The predicted octanol–water partition coefficient (Wildman–Crippen LogP) is 2.52. The summed E-state index contributed by atoms with van der Waals surface area (Å²) in [5.74, 6) is 0. The van der Waals surface area contributed by atoms with Crippen molar-refractivity contribution in [3.05, 3.63) is 34.5 Å². The second kappa shape index (κ2) is 6.39. The lowest BCUT2D eigenvalue weighted by Gasteiger charge is -2.37. The maximum absolute atomic E-state index is 5.82. The Labute approximate surface area is 125 Å². The van der Waals surface area contributed by atoms with Gasteiger partial charge in [0.15, 0.2) is 0 Å². The van der Waals surface area contributed by atoms with Crippen molar-refractivity contribution in [1.29, 1.82) is 0 Å². The first-order valence-electron chi connectivity index (χ1n) is 7.49. The Morgan fingerprint density at radius 3 is 3.05 bits per heavy atom. The van der Waals surface area contributed by atoms with Gasteiger partial charge in [0.05, 0.1) is 12.7 Å². The molecule has 3 heterocycles. The van der Waals surface area contributed by atoms with Crippen LogP contribution in [-0.4, -0.2) is 54.7 Å². The molecule has 20 heavy (non-hydrogen) atoms. The van der Waals surface area contributed by atoms with E-state index < -0.39 is 0 Å². The highest BCUT2D eigenvalue weighted by atomic mass is 32.1. The van der Waals surface area contributed by atoms with E-state index in [9.17, 15) is 0 Å². The number of ether oxygens (including phenoxy) is 1. The van der Waals surface area contributed by atoms with E-state index in [1.165, 1.54) is 35.8 Å². The largest absolute Gasteiger partial charge is 0.373 e. The van der Waals surface area contributed by atoms with Gasteiger partial charge in [-0.1, -0.05) is 6.08 Å².